The van der Waals surface area contributed by atoms with Gasteiger partial charge in [0.1, 0.15) is 0 Å². The number of hydrogen-bond acceptors (Lipinski definition) is 5. The summed E-state index contributed by atoms with van der Waals surface area (Å²) in [5.41, 5.74) is 4.90. The van der Waals surface area contributed by atoms with E-state index < -0.39 is 5.97 Å². The van der Waals surface area contributed by atoms with Crippen molar-refractivity contribution < 1.29 is 13.9 Å². The lowest BCUT2D eigenvalue weighted by Gasteiger charge is -2.37. The summed E-state index contributed by atoms with van der Waals surface area (Å²) in [5, 5.41) is 0. The second-order valence-corrected chi connectivity index (χ2v) is 6.25. The van der Waals surface area contributed by atoms with Gasteiger partial charge in [0.15, 0.2) is 0 Å². The van der Waals surface area contributed by atoms with Gasteiger partial charge < -0.3 is 14.1 Å². The van der Waals surface area contributed by atoms with E-state index in [0.29, 0.717) is 12.3 Å². The Hall–Kier alpha value is -2.27. The molecule has 1 aromatic carbocycles. The van der Waals surface area contributed by atoms with E-state index in [4.69, 9.17) is 9.15 Å². The summed E-state index contributed by atoms with van der Waals surface area (Å²) in [6, 6.07) is 8.33. The van der Waals surface area contributed by atoms with Crippen LogP contribution in [0.4, 0.5) is 5.69 Å². The summed E-state index contributed by atoms with van der Waals surface area (Å²) in [6.07, 6.45) is 1.55. The summed E-state index contributed by atoms with van der Waals surface area (Å²) in [5.74, 6) is -0.0986. The van der Waals surface area contributed by atoms with E-state index in [1.165, 1.54) is 23.9 Å². The summed E-state index contributed by atoms with van der Waals surface area (Å²) >= 11 is 0. The van der Waals surface area contributed by atoms with Crippen LogP contribution in [-0.2, 0) is 11.3 Å². The first kappa shape index (κ1) is 16.6. The number of anilines is 1. The Morgan fingerprint density at radius 3 is 2.62 bits per heavy atom. The van der Waals surface area contributed by atoms with Crippen LogP contribution in [0.1, 0.15) is 27.2 Å². The van der Waals surface area contributed by atoms with Crippen LogP contribution >= 0.6 is 0 Å². The van der Waals surface area contributed by atoms with Gasteiger partial charge in [-0.25, -0.2) is 4.79 Å². The molecule has 24 heavy (non-hydrogen) atoms. The third-order valence-corrected chi connectivity index (χ3v) is 4.80. The van der Waals surface area contributed by atoms with Crippen LogP contribution < -0.4 is 4.90 Å². The molecular weight excluding hydrogens is 304 g/mol. The third kappa shape index (κ3) is 3.31. The van der Waals surface area contributed by atoms with Gasteiger partial charge in [-0.15, -0.1) is 0 Å². The van der Waals surface area contributed by atoms with Gasteiger partial charge in [0.2, 0.25) is 5.76 Å². The van der Waals surface area contributed by atoms with Gasteiger partial charge in [0.05, 0.1) is 13.4 Å². The van der Waals surface area contributed by atoms with E-state index in [1.54, 1.807) is 6.26 Å². The van der Waals surface area contributed by atoms with Crippen molar-refractivity contribution in [2.24, 2.45) is 0 Å². The van der Waals surface area contributed by atoms with Gasteiger partial charge in [-0.05, 0) is 37.1 Å². The molecule has 1 aliphatic heterocycles. The lowest BCUT2D eigenvalue weighted by molar-refractivity contribution is 0.0561. The summed E-state index contributed by atoms with van der Waals surface area (Å²) in [6.45, 7) is 8.93. The highest BCUT2D eigenvalue weighted by Gasteiger charge is 2.22. The van der Waals surface area contributed by atoms with E-state index in [0.717, 1.165) is 31.7 Å². The van der Waals surface area contributed by atoms with Gasteiger partial charge in [-0.3, -0.25) is 4.90 Å². The molecule has 0 radical (unpaired) electrons. The summed E-state index contributed by atoms with van der Waals surface area (Å²) in [4.78, 5) is 16.5. The molecule has 2 aromatic rings. The fraction of sp³-hybridized carbons (Fsp3) is 0.421. The number of carbonyl (C=O) groups is 1. The average Bonchev–Trinajstić information content (AvgIpc) is 3.06. The smallest absolute Gasteiger partial charge is 0.374 e. The number of ether oxygens (including phenoxy) is 1. The molecule has 0 saturated carbocycles. The number of nitrogens with zero attached hydrogens (tertiary/aromatic N) is 2. The zero-order valence-corrected chi connectivity index (χ0v) is 14.5. The first-order chi connectivity index (χ1) is 11.6. The van der Waals surface area contributed by atoms with E-state index in [2.05, 4.69) is 41.8 Å². The van der Waals surface area contributed by atoms with Crippen LogP contribution in [0, 0.1) is 13.8 Å². The van der Waals surface area contributed by atoms with Crippen molar-refractivity contribution >= 4 is 11.7 Å². The topological polar surface area (TPSA) is 45.9 Å². The SMILES string of the molecule is COC(=O)c1occc1CN1CCN(c2cccc(C)c2C)CC1. The zero-order valence-electron chi connectivity index (χ0n) is 14.5. The van der Waals surface area contributed by atoms with Crippen LogP contribution in [0.15, 0.2) is 34.9 Å². The highest BCUT2D eigenvalue weighted by atomic mass is 16.5. The molecule has 128 valence electrons. The third-order valence-electron chi connectivity index (χ3n) is 4.80. The Labute approximate surface area is 142 Å². The van der Waals surface area contributed by atoms with Crippen molar-refractivity contribution in [3.63, 3.8) is 0 Å². The molecule has 0 unspecified atom stereocenters. The molecule has 2 heterocycles. The standard InChI is InChI=1S/C19H24N2O3/c1-14-5-4-6-17(15(14)2)21-10-8-20(9-11-21)13-16-7-12-24-18(16)19(22)23-3/h4-7,12H,8-11,13H2,1-3H3. The predicted molar refractivity (Wildman–Crippen MR) is 93.5 cm³/mol. The van der Waals surface area contributed by atoms with Gasteiger partial charge in [0, 0.05) is 44.0 Å². The van der Waals surface area contributed by atoms with Crippen molar-refractivity contribution in [1.82, 2.24) is 4.90 Å². The van der Waals surface area contributed by atoms with E-state index >= 15 is 0 Å². The number of piperazine rings is 1. The summed E-state index contributed by atoms with van der Waals surface area (Å²) < 4.78 is 10.0. The summed E-state index contributed by atoms with van der Waals surface area (Å²) in [7, 11) is 1.37. The predicted octanol–water partition coefficient (Wildman–Crippen LogP) is 3.01. The maximum absolute atomic E-state index is 11.7. The van der Waals surface area contributed by atoms with E-state index in [9.17, 15) is 4.79 Å². The molecule has 0 N–H and O–H groups in total. The minimum absolute atomic E-state index is 0.314. The Kier molecular flexibility index (Phi) is 4.90. The van der Waals surface area contributed by atoms with Crippen LogP contribution in [0.3, 0.4) is 0 Å². The normalized spacial score (nSPS) is 15.5. The zero-order chi connectivity index (χ0) is 17.1. The van der Waals surface area contributed by atoms with Crippen LogP contribution in [0.25, 0.3) is 0 Å². The Morgan fingerprint density at radius 1 is 1.17 bits per heavy atom. The molecule has 5 nitrogen and oxygen atoms in total. The maximum Gasteiger partial charge on any atom is 0.374 e. The molecule has 0 bridgehead atoms. The number of benzene rings is 1. The van der Waals surface area contributed by atoms with Crippen LogP contribution in [-0.4, -0.2) is 44.2 Å². The van der Waals surface area contributed by atoms with E-state index in [-0.39, 0.29) is 0 Å². The van der Waals surface area contributed by atoms with Gasteiger partial charge in [0.25, 0.3) is 0 Å². The number of rotatable bonds is 4. The molecule has 0 amide bonds. The minimum Gasteiger partial charge on any atom is -0.463 e. The Morgan fingerprint density at radius 2 is 1.92 bits per heavy atom. The van der Waals surface area contributed by atoms with Crippen molar-refractivity contribution in [3.05, 3.63) is 53.0 Å². The number of carbonyl (C=O) groups excluding carboxylic acids is 1. The fourth-order valence-electron chi connectivity index (χ4n) is 3.20. The van der Waals surface area contributed by atoms with Gasteiger partial charge >= 0.3 is 5.97 Å². The first-order valence-corrected chi connectivity index (χ1v) is 8.28. The van der Waals surface area contributed by atoms with Crippen LogP contribution in [0.2, 0.25) is 0 Å². The largest absolute Gasteiger partial charge is 0.463 e. The molecule has 0 aliphatic carbocycles. The van der Waals surface area contributed by atoms with Crippen LogP contribution in [0.5, 0.6) is 0 Å². The highest BCUT2D eigenvalue weighted by Crippen LogP contribution is 2.24. The fourth-order valence-corrected chi connectivity index (χ4v) is 3.20. The molecule has 1 aliphatic rings. The number of esters is 1. The Bertz CT molecular complexity index is 715. The lowest BCUT2D eigenvalue weighted by Crippen LogP contribution is -2.46. The molecule has 1 aromatic heterocycles. The number of hydrogen-bond donors (Lipinski definition) is 0. The molecule has 0 spiro atoms. The second-order valence-electron chi connectivity index (χ2n) is 6.25. The first-order valence-electron chi connectivity index (χ1n) is 8.28. The quantitative estimate of drug-likeness (QED) is 0.808. The Balaban J connectivity index is 1.63. The monoisotopic (exact) mass is 328 g/mol. The van der Waals surface area contributed by atoms with Crippen molar-refractivity contribution in [2.75, 3.05) is 38.2 Å². The molecule has 3 rings (SSSR count). The molecule has 0 atom stereocenters. The molecule has 1 fully saturated rings. The molecule has 1 saturated heterocycles. The van der Waals surface area contributed by atoms with Crippen molar-refractivity contribution in [2.45, 2.75) is 20.4 Å². The lowest BCUT2D eigenvalue weighted by atomic mass is 10.1. The second kappa shape index (κ2) is 7.09. The number of furan rings is 1. The van der Waals surface area contributed by atoms with Gasteiger partial charge in [-0.2, -0.15) is 0 Å². The molecule has 5 heteroatoms. The minimum atomic E-state index is -0.413. The van der Waals surface area contributed by atoms with Crippen molar-refractivity contribution in [3.8, 4) is 0 Å². The molecular formula is C19H24N2O3. The number of aryl methyl sites for hydroxylation is 1. The van der Waals surface area contributed by atoms with E-state index in [1.807, 2.05) is 6.07 Å². The van der Waals surface area contributed by atoms with Crippen molar-refractivity contribution in [1.29, 1.82) is 0 Å². The maximum atomic E-state index is 11.7. The average molecular weight is 328 g/mol. The number of methoxy groups -OCH3 is 1. The highest BCUT2D eigenvalue weighted by molar-refractivity contribution is 5.87. The van der Waals surface area contributed by atoms with Gasteiger partial charge in [-0.1, -0.05) is 12.1 Å².